The van der Waals surface area contributed by atoms with Crippen molar-refractivity contribution >= 4 is 11.8 Å². The van der Waals surface area contributed by atoms with Gasteiger partial charge in [-0.25, -0.2) is 4.98 Å². The highest BCUT2D eigenvalue weighted by molar-refractivity contribution is 5.49. The summed E-state index contributed by atoms with van der Waals surface area (Å²) in [5.74, 6) is 2.05. The monoisotopic (exact) mass is 385 g/mol. The molecule has 0 aliphatic carbocycles. The minimum atomic E-state index is 0.544. The molecule has 0 fully saturated rings. The van der Waals surface area contributed by atoms with E-state index in [2.05, 4.69) is 53.3 Å². The average molecular weight is 386 g/mol. The van der Waals surface area contributed by atoms with Gasteiger partial charge in [-0.3, -0.25) is 0 Å². The van der Waals surface area contributed by atoms with Gasteiger partial charge in [0.1, 0.15) is 11.6 Å². The summed E-state index contributed by atoms with van der Waals surface area (Å²) in [6.07, 6.45) is 5.21. The maximum absolute atomic E-state index is 6.24. The molecule has 2 aromatic rings. The van der Waals surface area contributed by atoms with E-state index in [0.717, 1.165) is 48.5 Å². The zero-order valence-electron chi connectivity index (χ0n) is 17.8. The van der Waals surface area contributed by atoms with Gasteiger partial charge in [0, 0.05) is 30.8 Å². The van der Waals surface area contributed by atoms with Crippen molar-refractivity contribution in [2.24, 2.45) is 0 Å². The van der Waals surface area contributed by atoms with Crippen molar-refractivity contribution in [1.29, 1.82) is 0 Å². The van der Waals surface area contributed by atoms with Gasteiger partial charge < -0.3 is 20.7 Å². The van der Waals surface area contributed by atoms with Crippen molar-refractivity contribution in [3.05, 3.63) is 41.1 Å². The van der Waals surface area contributed by atoms with Gasteiger partial charge >= 0.3 is 0 Å². The molecule has 1 aromatic heterocycles. The van der Waals surface area contributed by atoms with E-state index >= 15 is 0 Å². The summed E-state index contributed by atoms with van der Waals surface area (Å²) >= 11 is 0. The van der Waals surface area contributed by atoms with Crippen LogP contribution >= 0.6 is 0 Å². The summed E-state index contributed by atoms with van der Waals surface area (Å²) in [6, 6.07) is 8.18. The molecular formula is C22H35N5O. The second kappa shape index (κ2) is 11.5. The van der Waals surface area contributed by atoms with E-state index in [4.69, 9.17) is 10.5 Å². The van der Waals surface area contributed by atoms with Crippen LogP contribution in [0.15, 0.2) is 24.3 Å². The lowest BCUT2D eigenvalue weighted by atomic mass is 10.0. The van der Waals surface area contributed by atoms with E-state index in [1.807, 2.05) is 19.1 Å². The predicted octanol–water partition coefficient (Wildman–Crippen LogP) is 3.89. The largest absolute Gasteiger partial charge is 0.494 e. The van der Waals surface area contributed by atoms with Crippen LogP contribution in [0, 0.1) is 6.92 Å². The number of nitrogens with one attached hydrogen (secondary N) is 1. The van der Waals surface area contributed by atoms with Crippen LogP contribution in [0.25, 0.3) is 0 Å². The third-order valence-corrected chi connectivity index (χ3v) is 4.61. The number of hydrogen-bond donors (Lipinski definition) is 2. The van der Waals surface area contributed by atoms with E-state index in [-0.39, 0.29) is 0 Å². The first-order valence-corrected chi connectivity index (χ1v) is 10.2. The number of ether oxygens (including phenoxy) is 1. The Balaban J connectivity index is 1.97. The van der Waals surface area contributed by atoms with Crippen LogP contribution < -0.4 is 15.8 Å². The molecule has 0 spiro atoms. The Hall–Kier alpha value is -2.34. The number of benzene rings is 1. The van der Waals surface area contributed by atoms with Crippen LogP contribution in [0.4, 0.5) is 11.8 Å². The zero-order chi connectivity index (χ0) is 20.4. The fourth-order valence-electron chi connectivity index (χ4n) is 3.01. The van der Waals surface area contributed by atoms with Crippen molar-refractivity contribution in [1.82, 2.24) is 14.9 Å². The number of unbranched alkanes of at least 4 members (excludes halogenated alkanes) is 2. The molecule has 0 atom stereocenters. The van der Waals surface area contributed by atoms with Crippen LogP contribution in [-0.4, -0.2) is 48.7 Å². The van der Waals surface area contributed by atoms with Gasteiger partial charge in [0.15, 0.2) is 0 Å². The predicted molar refractivity (Wildman–Crippen MR) is 117 cm³/mol. The summed E-state index contributed by atoms with van der Waals surface area (Å²) in [4.78, 5) is 11.2. The number of aromatic nitrogens is 2. The molecule has 0 aliphatic rings. The molecule has 2 rings (SSSR count). The number of rotatable bonds is 12. The lowest BCUT2D eigenvalue weighted by molar-refractivity contribution is 0.281. The third-order valence-electron chi connectivity index (χ3n) is 4.61. The van der Waals surface area contributed by atoms with Crippen molar-refractivity contribution in [3.8, 4) is 5.75 Å². The molecule has 3 N–H and O–H groups in total. The third kappa shape index (κ3) is 7.35. The molecule has 6 heteroatoms. The molecule has 1 heterocycles. The summed E-state index contributed by atoms with van der Waals surface area (Å²) in [5, 5.41) is 3.27. The molecule has 0 unspecified atom stereocenters. The Labute approximate surface area is 169 Å². The molecule has 0 saturated heterocycles. The average Bonchev–Trinajstić information content (AvgIpc) is 2.66. The van der Waals surface area contributed by atoms with Gasteiger partial charge in [-0.05, 0) is 51.6 Å². The highest BCUT2D eigenvalue weighted by Crippen LogP contribution is 2.22. The fourth-order valence-corrected chi connectivity index (χ4v) is 3.01. The number of nitrogen functional groups attached to an aromatic ring is 1. The van der Waals surface area contributed by atoms with Crippen LogP contribution in [0.1, 0.15) is 49.4 Å². The number of anilines is 2. The summed E-state index contributed by atoms with van der Waals surface area (Å²) in [5.41, 5.74) is 9.28. The van der Waals surface area contributed by atoms with Crippen molar-refractivity contribution in [3.63, 3.8) is 0 Å². The number of aryl methyl sites for hydroxylation is 1. The lowest BCUT2D eigenvalue weighted by Crippen LogP contribution is -2.15. The highest BCUT2D eigenvalue weighted by Gasteiger charge is 2.11. The molecule has 28 heavy (non-hydrogen) atoms. The van der Waals surface area contributed by atoms with Crippen molar-refractivity contribution in [2.75, 3.05) is 44.8 Å². The smallest absolute Gasteiger partial charge is 0.224 e. The molecule has 0 amide bonds. The topological polar surface area (TPSA) is 76.3 Å². The van der Waals surface area contributed by atoms with E-state index < -0.39 is 0 Å². The maximum atomic E-state index is 6.24. The van der Waals surface area contributed by atoms with E-state index in [0.29, 0.717) is 24.8 Å². The molecule has 0 radical (unpaired) electrons. The van der Waals surface area contributed by atoms with E-state index in [1.54, 1.807) is 0 Å². The molecule has 1 aromatic carbocycles. The Bertz CT molecular complexity index is 710. The second-order valence-corrected chi connectivity index (χ2v) is 7.46. The van der Waals surface area contributed by atoms with Crippen molar-refractivity contribution < 1.29 is 4.74 Å². The first kappa shape index (κ1) is 22.0. The molecule has 6 nitrogen and oxygen atoms in total. The lowest BCUT2D eigenvalue weighted by Gasteiger charge is -2.13. The van der Waals surface area contributed by atoms with Crippen LogP contribution in [0.2, 0.25) is 0 Å². The molecular weight excluding hydrogens is 350 g/mol. The molecule has 0 saturated carbocycles. The Morgan fingerprint density at radius 1 is 1.14 bits per heavy atom. The molecule has 0 bridgehead atoms. The Morgan fingerprint density at radius 3 is 2.68 bits per heavy atom. The normalized spacial score (nSPS) is 11.0. The van der Waals surface area contributed by atoms with Gasteiger partial charge in [0.05, 0.1) is 6.61 Å². The first-order valence-electron chi connectivity index (χ1n) is 10.2. The van der Waals surface area contributed by atoms with E-state index in [9.17, 15) is 0 Å². The fraction of sp³-hybridized carbons (Fsp3) is 0.545. The maximum Gasteiger partial charge on any atom is 0.224 e. The van der Waals surface area contributed by atoms with Gasteiger partial charge in [-0.15, -0.1) is 0 Å². The summed E-state index contributed by atoms with van der Waals surface area (Å²) in [6.45, 7) is 6.79. The van der Waals surface area contributed by atoms with E-state index in [1.165, 1.54) is 12.8 Å². The van der Waals surface area contributed by atoms with Crippen LogP contribution in [0.3, 0.4) is 0 Å². The summed E-state index contributed by atoms with van der Waals surface area (Å²) < 4.78 is 5.88. The number of nitrogens with zero attached hydrogens (tertiary/aromatic N) is 3. The van der Waals surface area contributed by atoms with Crippen LogP contribution in [0.5, 0.6) is 5.75 Å². The minimum Gasteiger partial charge on any atom is -0.494 e. The standard InChI is InChI=1S/C22H35N5O/c1-5-6-7-12-24-22-25-17(2)20(21(23)26-22)16-18-10-8-11-19(15-18)28-14-9-13-27(3)4/h8,10-11,15H,5-7,9,12-14,16H2,1-4H3,(H3,23,24,25,26). The van der Waals surface area contributed by atoms with Crippen molar-refractivity contribution in [2.45, 2.75) is 46.0 Å². The second-order valence-electron chi connectivity index (χ2n) is 7.46. The number of hydrogen-bond acceptors (Lipinski definition) is 6. The SMILES string of the molecule is CCCCCNc1nc(C)c(Cc2cccc(OCCCN(C)C)c2)c(N)n1. The van der Waals surface area contributed by atoms with Crippen LogP contribution in [-0.2, 0) is 6.42 Å². The zero-order valence-corrected chi connectivity index (χ0v) is 17.8. The highest BCUT2D eigenvalue weighted by atomic mass is 16.5. The molecule has 154 valence electrons. The Morgan fingerprint density at radius 2 is 1.96 bits per heavy atom. The quantitative estimate of drug-likeness (QED) is 0.540. The molecule has 0 aliphatic heterocycles. The number of nitrogens with two attached hydrogens (primary N) is 1. The summed E-state index contributed by atoms with van der Waals surface area (Å²) in [7, 11) is 4.14. The van der Waals surface area contributed by atoms with Gasteiger partial charge in [-0.1, -0.05) is 31.9 Å². The first-order chi connectivity index (χ1) is 13.5. The van der Waals surface area contributed by atoms with Gasteiger partial charge in [0.25, 0.3) is 0 Å². The Kier molecular flexibility index (Phi) is 9.01. The van der Waals surface area contributed by atoms with Gasteiger partial charge in [-0.2, -0.15) is 4.98 Å². The van der Waals surface area contributed by atoms with Gasteiger partial charge in [0.2, 0.25) is 5.95 Å². The minimum absolute atomic E-state index is 0.544.